The van der Waals surface area contributed by atoms with Crippen LogP contribution >= 0.6 is 0 Å². The number of nitrogens with one attached hydrogen (secondary N) is 2. The topological polar surface area (TPSA) is 90.5 Å². The van der Waals surface area contributed by atoms with E-state index in [2.05, 4.69) is 20.2 Å². The number of hydrogen-bond acceptors (Lipinski definition) is 5. The van der Waals surface area contributed by atoms with E-state index in [0.717, 1.165) is 16.6 Å². The number of carbonyl (C=O) groups is 1. The Morgan fingerprint density at radius 1 is 1.54 bits per heavy atom. The number of hydrogen-bond donors (Lipinski definition) is 3. The van der Waals surface area contributed by atoms with Crippen molar-refractivity contribution in [2.75, 3.05) is 26.3 Å². The van der Waals surface area contributed by atoms with Gasteiger partial charge >= 0.3 is 0 Å². The van der Waals surface area contributed by atoms with Crippen LogP contribution in [0, 0.1) is 0 Å². The van der Waals surface area contributed by atoms with Gasteiger partial charge in [-0.1, -0.05) is 0 Å². The smallest absolute Gasteiger partial charge is 0.246 e. The molecule has 2 aromatic rings. The number of rotatable bonds is 6. The van der Waals surface area contributed by atoms with E-state index in [1.165, 1.54) is 0 Å². The van der Waals surface area contributed by atoms with Gasteiger partial charge in [0.05, 0.1) is 6.10 Å². The molecule has 0 aromatic carbocycles. The number of amides is 1. The SMILES string of the molecule is CCOCC(=O)N[C@H]1C[C@@H](O)CN(Cc2c[nH]c3ncccc23)C1. The maximum atomic E-state index is 11.8. The van der Waals surface area contributed by atoms with Crippen LogP contribution in [0.5, 0.6) is 0 Å². The summed E-state index contributed by atoms with van der Waals surface area (Å²) >= 11 is 0. The summed E-state index contributed by atoms with van der Waals surface area (Å²) in [4.78, 5) is 21.5. The van der Waals surface area contributed by atoms with Crippen molar-refractivity contribution in [2.45, 2.75) is 32.0 Å². The highest BCUT2D eigenvalue weighted by Gasteiger charge is 2.27. The molecule has 130 valence electrons. The number of aliphatic hydroxyl groups excluding tert-OH is 1. The fourth-order valence-corrected chi connectivity index (χ4v) is 3.24. The van der Waals surface area contributed by atoms with E-state index in [9.17, 15) is 9.90 Å². The van der Waals surface area contributed by atoms with E-state index in [4.69, 9.17) is 4.74 Å². The first-order chi connectivity index (χ1) is 11.7. The van der Waals surface area contributed by atoms with Crippen molar-refractivity contribution >= 4 is 16.9 Å². The van der Waals surface area contributed by atoms with Crippen molar-refractivity contribution in [3.8, 4) is 0 Å². The molecular weight excluding hydrogens is 308 g/mol. The summed E-state index contributed by atoms with van der Waals surface area (Å²) in [5.74, 6) is -0.132. The maximum Gasteiger partial charge on any atom is 0.246 e. The van der Waals surface area contributed by atoms with Crippen molar-refractivity contribution in [3.05, 3.63) is 30.1 Å². The number of aromatic nitrogens is 2. The molecule has 1 fully saturated rings. The fourth-order valence-electron chi connectivity index (χ4n) is 3.24. The summed E-state index contributed by atoms with van der Waals surface area (Å²) in [5.41, 5.74) is 2.01. The quantitative estimate of drug-likeness (QED) is 0.723. The minimum absolute atomic E-state index is 0.0648. The molecule has 1 aliphatic heterocycles. The number of β-amino-alcohol motifs (C(OH)–C–C–N with tert-alkyl or cyclic N) is 1. The molecule has 2 atom stereocenters. The van der Waals surface area contributed by atoms with Gasteiger partial charge in [-0.15, -0.1) is 0 Å². The van der Waals surface area contributed by atoms with Crippen molar-refractivity contribution < 1.29 is 14.6 Å². The van der Waals surface area contributed by atoms with E-state index in [1.54, 1.807) is 6.20 Å². The zero-order chi connectivity index (χ0) is 16.9. The van der Waals surface area contributed by atoms with Crippen LogP contribution in [0.15, 0.2) is 24.5 Å². The molecule has 0 bridgehead atoms. The van der Waals surface area contributed by atoms with Crippen molar-refractivity contribution in [1.82, 2.24) is 20.2 Å². The second-order valence-electron chi connectivity index (χ2n) is 6.20. The van der Waals surface area contributed by atoms with E-state index < -0.39 is 6.10 Å². The molecule has 1 saturated heterocycles. The van der Waals surface area contributed by atoms with Gasteiger partial charge in [-0.2, -0.15) is 0 Å². The number of ether oxygens (including phenoxy) is 1. The summed E-state index contributed by atoms with van der Waals surface area (Å²) < 4.78 is 5.12. The lowest BCUT2D eigenvalue weighted by molar-refractivity contribution is -0.127. The number of aromatic amines is 1. The molecule has 1 aliphatic rings. The average Bonchev–Trinajstić information content (AvgIpc) is 2.95. The number of piperidine rings is 1. The molecule has 1 amide bonds. The van der Waals surface area contributed by atoms with Crippen LogP contribution in [0.2, 0.25) is 0 Å². The Balaban J connectivity index is 1.62. The third-order valence-electron chi connectivity index (χ3n) is 4.24. The zero-order valence-electron chi connectivity index (χ0n) is 13.9. The fraction of sp³-hybridized carbons (Fsp3) is 0.529. The largest absolute Gasteiger partial charge is 0.392 e. The zero-order valence-corrected chi connectivity index (χ0v) is 13.9. The summed E-state index contributed by atoms with van der Waals surface area (Å²) in [6.07, 6.45) is 3.85. The molecule has 2 aromatic heterocycles. The number of nitrogens with zero attached hydrogens (tertiary/aromatic N) is 2. The molecule has 3 N–H and O–H groups in total. The normalized spacial score (nSPS) is 21.9. The van der Waals surface area contributed by atoms with Gasteiger partial charge in [0.15, 0.2) is 0 Å². The van der Waals surface area contributed by atoms with Crippen LogP contribution in [0.4, 0.5) is 0 Å². The van der Waals surface area contributed by atoms with Crippen LogP contribution in [0.25, 0.3) is 11.0 Å². The number of H-pyrrole nitrogens is 1. The van der Waals surface area contributed by atoms with Gasteiger partial charge in [-0.3, -0.25) is 9.69 Å². The van der Waals surface area contributed by atoms with Gasteiger partial charge in [0, 0.05) is 50.1 Å². The second-order valence-corrected chi connectivity index (χ2v) is 6.20. The molecule has 3 rings (SSSR count). The third kappa shape index (κ3) is 4.11. The second kappa shape index (κ2) is 7.74. The first kappa shape index (κ1) is 16.9. The Hall–Kier alpha value is -1.96. The summed E-state index contributed by atoms with van der Waals surface area (Å²) in [5, 5.41) is 14.2. The minimum atomic E-state index is -0.445. The highest BCUT2D eigenvalue weighted by atomic mass is 16.5. The van der Waals surface area contributed by atoms with Gasteiger partial charge in [-0.25, -0.2) is 4.98 Å². The number of likely N-dealkylation sites (tertiary alicyclic amines) is 1. The number of pyridine rings is 1. The minimum Gasteiger partial charge on any atom is -0.392 e. The van der Waals surface area contributed by atoms with Crippen LogP contribution in [-0.4, -0.2) is 64.3 Å². The molecule has 0 radical (unpaired) electrons. The van der Waals surface area contributed by atoms with Gasteiger partial charge < -0.3 is 20.1 Å². The molecular formula is C17H24N4O3. The predicted octanol–water partition coefficient (Wildman–Crippen LogP) is 0.651. The monoisotopic (exact) mass is 332 g/mol. The van der Waals surface area contributed by atoms with Crippen molar-refractivity contribution in [2.24, 2.45) is 0 Å². The molecule has 0 aliphatic carbocycles. The van der Waals surface area contributed by atoms with E-state index >= 15 is 0 Å². The molecule has 0 unspecified atom stereocenters. The number of fused-ring (bicyclic) bond motifs is 1. The molecule has 24 heavy (non-hydrogen) atoms. The molecule has 0 spiro atoms. The summed E-state index contributed by atoms with van der Waals surface area (Å²) in [7, 11) is 0. The highest BCUT2D eigenvalue weighted by Crippen LogP contribution is 2.20. The van der Waals surface area contributed by atoms with Gasteiger partial charge in [0.1, 0.15) is 12.3 Å². The Morgan fingerprint density at radius 3 is 3.25 bits per heavy atom. The van der Waals surface area contributed by atoms with Crippen molar-refractivity contribution in [1.29, 1.82) is 0 Å². The van der Waals surface area contributed by atoms with E-state index in [1.807, 2.05) is 25.3 Å². The Morgan fingerprint density at radius 2 is 2.42 bits per heavy atom. The lowest BCUT2D eigenvalue weighted by Gasteiger charge is -2.35. The number of carbonyl (C=O) groups excluding carboxylic acids is 1. The number of aliphatic hydroxyl groups is 1. The maximum absolute atomic E-state index is 11.8. The predicted molar refractivity (Wildman–Crippen MR) is 90.4 cm³/mol. The summed E-state index contributed by atoms with van der Waals surface area (Å²) in [6, 6.07) is 3.89. The Kier molecular flexibility index (Phi) is 5.44. The van der Waals surface area contributed by atoms with Crippen molar-refractivity contribution in [3.63, 3.8) is 0 Å². The molecule has 7 heteroatoms. The molecule has 0 saturated carbocycles. The standard InChI is InChI=1S/C17H24N4O3/c1-2-24-11-16(23)20-13-6-14(22)10-21(9-13)8-12-7-19-17-15(12)4-3-5-18-17/h3-5,7,13-14,22H,2,6,8-11H2,1H3,(H,18,19)(H,20,23)/t13-,14+/m0/s1. The lowest BCUT2D eigenvalue weighted by atomic mass is 10.0. The van der Waals surface area contributed by atoms with E-state index in [-0.39, 0.29) is 18.6 Å². The molecule has 3 heterocycles. The Labute approximate surface area is 141 Å². The first-order valence-corrected chi connectivity index (χ1v) is 8.34. The lowest BCUT2D eigenvalue weighted by Crippen LogP contribution is -2.52. The average molecular weight is 332 g/mol. The van der Waals surface area contributed by atoms with Gasteiger partial charge in [-0.05, 0) is 31.0 Å². The highest BCUT2D eigenvalue weighted by molar-refractivity contribution is 5.79. The van der Waals surface area contributed by atoms with Crippen LogP contribution in [0.1, 0.15) is 18.9 Å². The van der Waals surface area contributed by atoms with Crippen LogP contribution < -0.4 is 5.32 Å². The Bertz CT molecular complexity index is 687. The van der Waals surface area contributed by atoms with Gasteiger partial charge in [0.2, 0.25) is 5.91 Å². The van der Waals surface area contributed by atoms with Crippen LogP contribution in [-0.2, 0) is 16.1 Å². The first-order valence-electron chi connectivity index (χ1n) is 8.34. The van der Waals surface area contributed by atoms with Crippen LogP contribution in [0.3, 0.4) is 0 Å². The van der Waals surface area contributed by atoms with E-state index in [0.29, 0.717) is 32.7 Å². The van der Waals surface area contributed by atoms with Gasteiger partial charge in [0.25, 0.3) is 0 Å². The molecule has 7 nitrogen and oxygen atoms in total. The summed E-state index contributed by atoms with van der Waals surface area (Å²) in [6.45, 7) is 4.46. The third-order valence-corrected chi connectivity index (χ3v) is 4.24.